The molecule has 2 aromatic heterocycles. The van der Waals surface area contributed by atoms with Crippen LogP contribution in [-0.2, 0) is 6.54 Å². The lowest BCUT2D eigenvalue weighted by Crippen LogP contribution is -2.58. The summed E-state index contributed by atoms with van der Waals surface area (Å²) >= 11 is 0. The highest BCUT2D eigenvalue weighted by molar-refractivity contribution is 5.98. The molecule has 7 nitrogen and oxygen atoms in total. The Balaban J connectivity index is 1.38. The lowest BCUT2D eigenvalue weighted by molar-refractivity contribution is 0.241. The second-order valence-electron chi connectivity index (χ2n) is 8.25. The molecule has 3 aliphatic rings. The predicted octanol–water partition coefficient (Wildman–Crippen LogP) is 3.48. The highest BCUT2D eigenvalue weighted by Gasteiger charge is 2.38. The number of aromatic nitrogens is 3. The number of nitrogens with one attached hydrogen (secondary N) is 1. The zero-order chi connectivity index (χ0) is 19.9. The summed E-state index contributed by atoms with van der Waals surface area (Å²) < 4.78 is 2.39. The Hall–Kier alpha value is -3.19. The molecule has 7 heteroatoms. The molecule has 0 bridgehead atoms. The molecule has 2 atom stereocenters. The van der Waals surface area contributed by atoms with Crippen LogP contribution in [0.15, 0.2) is 65.8 Å². The number of pyridine rings is 1. The third kappa shape index (κ3) is 2.97. The molecule has 6 rings (SSSR count). The van der Waals surface area contributed by atoms with Crippen LogP contribution in [0.25, 0.3) is 11.0 Å². The van der Waals surface area contributed by atoms with Crippen molar-refractivity contribution in [2.45, 2.75) is 32.0 Å². The number of anilines is 1. The Morgan fingerprint density at radius 1 is 1.07 bits per heavy atom. The topological polar surface area (TPSA) is 61.6 Å². The van der Waals surface area contributed by atoms with Crippen LogP contribution >= 0.6 is 0 Å². The molecule has 1 N–H and O–H groups in total. The van der Waals surface area contributed by atoms with Gasteiger partial charge in [-0.05, 0) is 43.5 Å². The molecule has 4 heterocycles. The molecule has 0 radical (unpaired) electrons. The second kappa shape index (κ2) is 7.25. The Morgan fingerprint density at radius 3 is 2.87 bits per heavy atom. The van der Waals surface area contributed by atoms with Crippen molar-refractivity contribution in [2.75, 3.05) is 18.2 Å². The molecule has 3 aromatic rings. The van der Waals surface area contributed by atoms with Gasteiger partial charge in [-0.1, -0.05) is 30.4 Å². The van der Waals surface area contributed by atoms with Gasteiger partial charge in [0.05, 0.1) is 30.1 Å². The number of aliphatic imine (C=N–C) groups is 1. The fourth-order valence-corrected chi connectivity index (χ4v) is 4.79. The van der Waals surface area contributed by atoms with Crippen LogP contribution < -0.4 is 10.2 Å². The van der Waals surface area contributed by atoms with Crippen LogP contribution in [0.5, 0.6) is 0 Å². The van der Waals surface area contributed by atoms with Gasteiger partial charge in [-0.15, -0.1) is 0 Å². The summed E-state index contributed by atoms with van der Waals surface area (Å²) in [6.07, 6.45) is 10.0. The molecule has 0 fully saturated rings. The Labute approximate surface area is 175 Å². The van der Waals surface area contributed by atoms with E-state index in [0.717, 1.165) is 49.2 Å². The van der Waals surface area contributed by atoms with Crippen LogP contribution in [0, 0.1) is 5.92 Å². The molecule has 30 heavy (non-hydrogen) atoms. The van der Waals surface area contributed by atoms with Crippen molar-refractivity contribution in [1.82, 2.24) is 24.8 Å². The molecule has 2 aliphatic heterocycles. The van der Waals surface area contributed by atoms with Gasteiger partial charge in [-0.2, -0.15) is 0 Å². The fourth-order valence-electron chi connectivity index (χ4n) is 4.79. The molecular weight excluding hydrogens is 374 g/mol. The summed E-state index contributed by atoms with van der Waals surface area (Å²) in [7, 11) is 0. The number of imidazole rings is 1. The van der Waals surface area contributed by atoms with E-state index in [1.54, 1.807) is 0 Å². The van der Waals surface area contributed by atoms with Crippen molar-refractivity contribution in [2.24, 2.45) is 10.9 Å². The number of para-hydroxylation sites is 2. The molecule has 2 unspecified atom stereocenters. The molecule has 0 saturated heterocycles. The number of fused-ring (bicyclic) bond motifs is 5. The van der Waals surface area contributed by atoms with Crippen molar-refractivity contribution in [1.29, 1.82) is 0 Å². The van der Waals surface area contributed by atoms with Gasteiger partial charge in [0, 0.05) is 18.7 Å². The third-order valence-corrected chi connectivity index (χ3v) is 6.26. The van der Waals surface area contributed by atoms with Crippen molar-refractivity contribution in [3.05, 3.63) is 66.5 Å². The Kier molecular flexibility index (Phi) is 4.27. The third-order valence-electron chi connectivity index (χ3n) is 6.26. The van der Waals surface area contributed by atoms with E-state index in [4.69, 9.17) is 9.98 Å². The van der Waals surface area contributed by atoms with Crippen LogP contribution in [0.3, 0.4) is 0 Å². The lowest BCUT2D eigenvalue weighted by atomic mass is 9.91. The number of rotatable bonds is 3. The number of allylic oxidation sites excluding steroid dienone is 2. The van der Waals surface area contributed by atoms with Gasteiger partial charge in [0.15, 0.2) is 0 Å². The standard InChI is InChI=1S/C23H25N7/c1-2-8-17(9-3-1)21-27-22-25-15-28(14-18-10-6-7-13-24-18)16-29(22)23-26-19-11-4-5-12-20(19)30(21)23/h1-2,4-7,10-13,17,21H,3,8-9,14-16H2,(H,25,27). The maximum absolute atomic E-state index is 5.03. The lowest BCUT2D eigenvalue weighted by Gasteiger charge is -2.44. The number of benzene rings is 1. The predicted molar refractivity (Wildman–Crippen MR) is 118 cm³/mol. The van der Waals surface area contributed by atoms with Crippen molar-refractivity contribution < 1.29 is 0 Å². The van der Waals surface area contributed by atoms with Gasteiger partial charge in [-0.3, -0.25) is 19.4 Å². The van der Waals surface area contributed by atoms with Crippen LogP contribution in [0.2, 0.25) is 0 Å². The molecule has 0 saturated carbocycles. The highest BCUT2D eigenvalue weighted by atomic mass is 15.5. The van der Waals surface area contributed by atoms with Gasteiger partial charge in [0.2, 0.25) is 11.9 Å². The number of hydrogen-bond donors (Lipinski definition) is 1. The quantitative estimate of drug-likeness (QED) is 0.683. The first-order chi connectivity index (χ1) is 14.9. The van der Waals surface area contributed by atoms with Crippen LogP contribution in [0.1, 0.15) is 31.1 Å². The molecule has 0 spiro atoms. The smallest absolute Gasteiger partial charge is 0.216 e. The molecular formula is C23H25N7. The molecule has 152 valence electrons. The highest BCUT2D eigenvalue weighted by Crippen LogP contribution is 2.37. The number of hydrogen-bond acceptors (Lipinski definition) is 6. The fraction of sp³-hybridized carbons (Fsp3) is 0.348. The maximum Gasteiger partial charge on any atom is 0.216 e. The second-order valence-corrected chi connectivity index (χ2v) is 8.25. The first-order valence-electron chi connectivity index (χ1n) is 10.7. The molecule has 1 aliphatic carbocycles. The average Bonchev–Trinajstić information content (AvgIpc) is 3.20. The molecule has 1 aromatic carbocycles. The Morgan fingerprint density at radius 2 is 2.00 bits per heavy atom. The van der Waals surface area contributed by atoms with Crippen molar-refractivity contribution >= 4 is 22.9 Å². The summed E-state index contributed by atoms with van der Waals surface area (Å²) in [6, 6.07) is 14.5. The number of nitrogens with zero attached hydrogens (tertiary/aromatic N) is 6. The number of guanidine groups is 1. The summed E-state index contributed by atoms with van der Waals surface area (Å²) in [4.78, 5) is 18.9. The van der Waals surface area contributed by atoms with Gasteiger partial charge >= 0.3 is 0 Å². The largest absolute Gasteiger partial charge is 0.335 e. The van der Waals surface area contributed by atoms with Crippen molar-refractivity contribution in [3.63, 3.8) is 0 Å². The van der Waals surface area contributed by atoms with E-state index in [9.17, 15) is 0 Å². The maximum atomic E-state index is 5.03. The minimum atomic E-state index is 0.176. The SMILES string of the molecule is C1=CCC(C2NC3=NCN(Cc4ccccn4)CN3c3nc4ccccc4n32)CC1. The summed E-state index contributed by atoms with van der Waals surface area (Å²) in [5, 5.41) is 3.77. The summed E-state index contributed by atoms with van der Waals surface area (Å²) in [6.45, 7) is 2.17. The summed E-state index contributed by atoms with van der Waals surface area (Å²) in [5.41, 5.74) is 3.27. The monoisotopic (exact) mass is 399 g/mol. The van der Waals surface area contributed by atoms with E-state index in [0.29, 0.717) is 12.6 Å². The first-order valence-corrected chi connectivity index (χ1v) is 10.7. The zero-order valence-corrected chi connectivity index (χ0v) is 16.9. The van der Waals surface area contributed by atoms with E-state index in [1.165, 1.54) is 11.9 Å². The molecule has 0 amide bonds. The average molecular weight is 400 g/mol. The Bertz CT molecular complexity index is 1120. The van der Waals surface area contributed by atoms with Crippen molar-refractivity contribution in [3.8, 4) is 0 Å². The van der Waals surface area contributed by atoms with E-state index >= 15 is 0 Å². The van der Waals surface area contributed by atoms with E-state index < -0.39 is 0 Å². The van der Waals surface area contributed by atoms with E-state index in [-0.39, 0.29) is 6.17 Å². The van der Waals surface area contributed by atoms with E-state index in [1.807, 2.05) is 18.3 Å². The van der Waals surface area contributed by atoms with Gasteiger partial charge in [0.25, 0.3) is 0 Å². The van der Waals surface area contributed by atoms with Gasteiger partial charge in [0.1, 0.15) is 6.17 Å². The van der Waals surface area contributed by atoms with Gasteiger partial charge < -0.3 is 5.32 Å². The first kappa shape index (κ1) is 17.7. The minimum absolute atomic E-state index is 0.176. The normalized spacial score (nSPS) is 23.6. The van der Waals surface area contributed by atoms with Crippen LogP contribution in [0.4, 0.5) is 5.95 Å². The summed E-state index contributed by atoms with van der Waals surface area (Å²) in [5.74, 6) is 2.45. The minimum Gasteiger partial charge on any atom is -0.335 e. The van der Waals surface area contributed by atoms with E-state index in [2.05, 4.69) is 67.2 Å². The zero-order valence-electron chi connectivity index (χ0n) is 16.9. The van der Waals surface area contributed by atoms with Gasteiger partial charge in [-0.25, -0.2) is 9.98 Å². The van der Waals surface area contributed by atoms with Crippen LogP contribution in [-0.4, -0.2) is 38.7 Å².